The molecule has 1 rings (SSSR count). The van der Waals surface area contributed by atoms with Gasteiger partial charge >= 0.3 is 6.03 Å². The quantitative estimate of drug-likeness (QED) is 0.833. The van der Waals surface area contributed by atoms with Gasteiger partial charge in [0.05, 0.1) is 12.6 Å². The molecule has 0 saturated heterocycles. The van der Waals surface area contributed by atoms with Crippen LogP contribution in [0.4, 0.5) is 4.79 Å². The Bertz CT molecular complexity index is 494. The minimum atomic E-state index is -0.222. The van der Waals surface area contributed by atoms with Crippen molar-refractivity contribution in [2.24, 2.45) is 0 Å². The number of rotatable bonds is 3. The number of halogens is 1. The molecule has 0 fully saturated rings. The first-order chi connectivity index (χ1) is 9.06. The van der Waals surface area contributed by atoms with Crippen molar-refractivity contribution in [1.82, 2.24) is 10.2 Å². The molecule has 1 atom stereocenters. The Balaban J connectivity index is 2.61. The fourth-order valence-electron chi connectivity index (χ4n) is 1.53. The smallest absolute Gasteiger partial charge is 0.318 e. The predicted octanol–water partition coefficient (Wildman–Crippen LogP) is 2.04. The van der Waals surface area contributed by atoms with Crippen LogP contribution < -0.4 is 5.32 Å². The molecule has 4 nitrogen and oxygen atoms in total. The lowest BCUT2D eigenvalue weighted by atomic mass is 10.1. The predicted molar refractivity (Wildman–Crippen MR) is 75.9 cm³/mol. The van der Waals surface area contributed by atoms with Crippen molar-refractivity contribution in [3.8, 4) is 11.8 Å². The van der Waals surface area contributed by atoms with Crippen LogP contribution in [0.25, 0.3) is 0 Å². The normalized spacial score (nSPS) is 11.2. The summed E-state index contributed by atoms with van der Waals surface area (Å²) in [7, 11) is 1.71. The Morgan fingerprint density at radius 3 is 2.89 bits per heavy atom. The molecule has 0 aliphatic heterocycles. The number of benzene rings is 1. The number of nitrogens with zero attached hydrogens (tertiary/aromatic N) is 1. The third-order valence-corrected chi connectivity index (χ3v) is 3.00. The van der Waals surface area contributed by atoms with Crippen molar-refractivity contribution in [3.63, 3.8) is 0 Å². The van der Waals surface area contributed by atoms with E-state index in [4.69, 9.17) is 16.7 Å². The summed E-state index contributed by atoms with van der Waals surface area (Å²) in [4.78, 5) is 13.4. The zero-order chi connectivity index (χ0) is 14.3. The summed E-state index contributed by atoms with van der Waals surface area (Å²) in [5.74, 6) is 5.09. The third-order valence-electron chi connectivity index (χ3n) is 2.76. The van der Waals surface area contributed by atoms with Gasteiger partial charge in [-0.05, 0) is 24.6 Å². The van der Waals surface area contributed by atoms with E-state index >= 15 is 0 Å². The van der Waals surface area contributed by atoms with Crippen LogP contribution in [0.15, 0.2) is 24.3 Å². The van der Waals surface area contributed by atoms with Gasteiger partial charge in [-0.3, -0.25) is 0 Å². The van der Waals surface area contributed by atoms with Gasteiger partial charge in [0.25, 0.3) is 0 Å². The maximum Gasteiger partial charge on any atom is 0.318 e. The maximum atomic E-state index is 11.9. The van der Waals surface area contributed by atoms with Crippen LogP contribution in [0.3, 0.4) is 0 Å². The van der Waals surface area contributed by atoms with Crippen molar-refractivity contribution in [1.29, 1.82) is 0 Å². The Kier molecular flexibility index (Phi) is 6.20. The molecular weight excluding hydrogens is 264 g/mol. The van der Waals surface area contributed by atoms with Crippen molar-refractivity contribution < 1.29 is 9.90 Å². The Morgan fingerprint density at radius 1 is 1.53 bits per heavy atom. The van der Waals surface area contributed by atoms with E-state index in [0.717, 1.165) is 5.56 Å². The van der Waals surface area contributed by atoms with E-state index < -0.39 is 0 Å². The van der Waals surface area contributed by atoms with E-state index in [1.54, 1.807) is 18.0 Å². The third kappa shape index (κ3) is 4.82. The molecule has 2 N–H and O–H groups in total. The molecule has 5 heteroatoms. The Morgan fingerprint density at radius 2 is 2.26 bits per heavy atom. The second kappa shape index (κ2) is 7.67. The molecule has 0 spiro atoms. The molecule has 102 valence electrons. The number of carbonyl (C=O) groups excluding carboxylic acids is 1. The lowest BCUT2D eigenvalue weighted by Gasteiger charge is -2.25. The molecule has 0 bridgehead atoms. The molecule has 0 aliphatic carbocycles. The molecule has 0 radical (unpaired) electrons. The first kappa shape index (κ1) is 15.4. The van der Waals surface area contributed by atoms with Crippen LogP contribution in [-0.4, -0.2) is 36.2 Å². The second-order valence-corrected chi connectivity index (χ2v) is 4.45. The molecule has 0 heterocycles. The molecule has 1 unspecified atom stereocenters. The summed E-state index contributed by atoms with van der Waals surface area (Å²) in [5, 5.41) is 11.8. The van der Waals surface area contributed by atoms with Gasteiger partial charge < -0.3 is 15.3 Å². The monoisotopic (exact) mass is 280 g/mol. The lowest BCUT2D eigenvalue weighted by molar-refractivity contribution is 0.196. The fraction of sp³-hybridized carbons (Fsp3) is 0.357. The summed E-state index contributed by atoms with van der Waals surface area (Å²) in [6.45, 7) is 1.93. The number of nitrogens with one attached hydrogen (secondary N) is 1. The average molecular weight is 281 g/mol. The van der Waals surface area contributed by atoms with Crippen molar-refractivity contribution in [2.45, 2.75) is 13.0 Å². The van der Waals surface area contributed by atoms with Crippen LogP contribution in [0, 0.1) is 11.8 Å². The van der Waals surface area contributed by atoms with E-state index in [1.165, 1.54) is 0 Å². The zero-order valence-electron chi connectivity index (χ0n) is 11.0. The Hall–Kier alpha value is -1.70. The topological polar surface area (TPSA) is 52.6 Å². The molecule has 1 aromatic rings. The van der Waals surface area contributed by atoms with E-state index in [9.17, 15) is 4.79 Å². The van der Waals surface area contributed by atoms with Crippen LogP contribution in [0.5, 0.6) is 0 Å². The highest BCUT2D eigenvalue weighted by Crippen LogP contribution is 2.21. The molecule has 0 aromatic heterocycles. The second-order valence-electron chi connectivity index (χ2n) is 4.01. The minimum absolute atomic E-state index is 0.0931. The summed E-state index contributed by atoms with van der Waals surface area (Å²) in [5.41, 5.74) is 0.964. The fourth-order valence-corrected chi connectivity index (χ4v) is 1.73. The zero-order valence-corrected chi connectivity index (χ0v) is 11.7. The van der Waals surface area contributed by atoms with Gasteiger partial charge in [0.2, 0.25) is 0 Å². The number of carbonyl (C=O) groups is 1. The van der Waals surface area contributed by atoms with Gasteiger partial charge in [-0.25, -0.2) is 4.79 Å². The molecular formula is C14H17ClN2O2. The van der Waals surface area contributed by atoms with E-state index in [0.29, 0.717) is 5.02 Å². The van der Waals surface area contributed by atoms with Crippen molar-refractivity contribution in [3.05, 3.63) is 34.9 Å². The number of hydrogen-bond donors (Lipinski definition) is 2. The van der Waals surface area contributed by atoms with Gasteiger partial charge in [0.1, 0.15) is 6.61 Å². The number of aliphatic hydroxyl groups excluding tert-OH is 1. The molecule has 0 saturated carbocycles. The number of hydrogen-bond acceptors (Lipinski definition) is 2. The van der Waals surface area contributed by atoms with Gasteiger partial charge in [0, 0.05) is 12.1 Å². The van der Waals surface area contributed by atoms with E-state index in [2.05, 4.69) is 17.2 Å². The number of aliphatic hydroxyl groups is 1. The summed E-state index contributed by atoms with van der Waals surface area (Å²) in [6, 6.07) is 7.09. The van der Waals surface area contributed by atoms with Gasteiger partial charge in [-0.1, -0.05) is 35.6 Å². The molecule has 1 aromatic carbocycles. The molecule has 2 amide bonds. The Labute approximate surface area is 118 Å². The summed E-state index contributed by atoms with van der Waals surface area (Å²) >= 11 is 5.93. The number of urea groups is 1. The van der Waals surface area contributed by atoms with Gasteiger partial charge in [0.15, 0.2) is 0 Å². The summed E-state index contributed by atoms with van der Waals surface area (Å²) < 4.78 is 0. The van der Waals surface area contributed by atoms with Crippen LogP contribution in [0.2, 0.25) is 5.02 Å². The highest BCUT2D eigenvalue weighted by molar-refractivity contribution is 6.30. The lowest BCUT2D eigenvalue weighted by Crippen LogP contribution is -2.38. The summed E-state index contributed by atoms with van der Waals surface area (Å²) in [6.07, 6.45) is 0. The average Bonchev–Trinajstić information content (AvgIpc) is 2.41. The van der Waals surface area contributed by atoms with Crippen molar-refractivity contribution in [2.75, 3.05) is 20.2 Å². The van der Waals surface area contributed by atoms with E-state index in [-0.39, 0.29) is 25.2 Å². The standard InChI is InChI=1S/C14H17ClN2O2/c1-11(12-6-5-7-13(15)10-12)17(2)14(19)16-8-3-4-9-18/h5-7,10-11,18H,8-9H2,1-2H3,(H,16,19). The van der Waals surface area contributed by atoms with E-state index in [1.807, 2.05) is 25.1 Å². The highest BCUT2D eigenvalue weighted by Gasteiger charge is 2.16. The molecule has 19 heavy (non-hydrogen) atoms. The first-order valence-corrected chi connectivity index (χ1v) is 6.26. The maximum absolute atomic E-state index is 11.9. The minimum Gasteiger partial charge on any atom is -0.384 e. The van der Waals surface area contributed by atoms with Crippen molar-refractivity contribution >= 4 is 17.6 Å². The number of amides is 2. The first-order valence-electron chi connectivity index (χ1n) is 5.89. The van der Waals surface area contributed by atoms with Gasteiger partial charge in [-0.15, -0.1) is 0 Å². The largest absolute Gasteiger partial charge is 0.384 e. The van der Waals surface area contributed by atoms with Crippen LogP contribution >= 0.6 is 11.6 Å². The van der Waals surface area contributed by atoms with Crippen LogP contribution in [-0.2, 0) is 0 Å². The van der Waals surface area contributed by atoms with Gasteiger partial charge in [-0.2, -0.15) is 0 Å². The molecule has 0 aliphatic rings. The highest BCUT2D eigenvalue weighted by atomic mass is 35.5. The SMILES string of the molecule is CC(c1cccc(Cl)c1)N(C)C(=O)NCC#CCO. The van der Waals surface area contributed by atoms with Crippen LogP contribution in [0.1, 0.15) is 18.5 Å².